The van der Waals surface area contributed by atoms with Crippen molar-refractivity contribution < 1.29 is 17.6 Å². The maximum atomic E-state index is 13.0. The van der Waals surface area contributed by atoms with Gasteiger partial charge in [-0.15, -0.1) is 0 Å². The van der Waals surface area contributed by atoms with Crippen LogP contribution < -0.4 is 0 Å². The fourth-order valence-corrected chi connectivity index (χ4v) is 1.93. The lowest BCUT2D eigenvalue weighted by molar-refractivity contribution is 0.112. The molecule has 7 heteroatoms. The number of benzene rings is 1. The lowest BCUT2D eigenvalue weighted by Crippen LogP contribution is -1.97. The van der Waals surface area contributed by atoms with Gasteiger partial charge in [0.05, 0.1) is 5.02 Å². The highest BCUT2D eigenvalue weighted by atomic mass is 35.7. The summed E-state index contributed by atoms with van der Waals surface area (Å²) in [5.74, 6) is -1.09. The predicted octanol–water partition coefficient (Wildman–Crippen LogP) is 2.22. The molecule has 0 aromatic heterocycles. The Bertz CT molecular complexity index is 484. The topological polar surface area (TPSA) is 51.2 Å². The van der Waals surface area contributed by atoms with Gasteiger partial charge >= 0.3 is 0 Å². The number of carbonyl (C=O) groups is 1. The second kappa shape index (κ2) is 3.84. The number of halogens is 3. The molecule has 14 heavy (non-hydrogen) atoms. The molecule has 1 aromatic rings. The zero-order valence-corrected chi connectivity index (χ0v) is 8.83. The number of rotatable bonds is 2. The minimum atomic E-state index is -4.20. The van der Waals surface area contributed by atoms with E-state index in [0.29, 0.717) is 6.29 Å². The van der Waals surface area contributed by atoms with Gasteiger partial charge in [0, 0.05) is 16.2 Å². The van der Waals surface area contributed by atoms with Gasteiger partial charge in [-0.05, 0) is 12.1 Å². The van der Waals surface area contributed by atoms with Gasteiger partial charge < -0.3 is 0 Å². The average Bonchev–Trinajstić information content (AvgIpc) is 2.02. The van der Waals surface area contributed by atoms with Crippen LogP contribution in [0.15, 0.2) is 17.0 Å². The van der Waals surface area contributed by atoms with E-state index in [2.05, 4.69) is 0 Å². The third kappa shape index (κ3) is 2.23. The summed E-state index contributed by atoms with van der Waals surface area (Å²) in [6, 6.07) is 1.51. The van der Waals surface area contributed by atoms with Crippen LogP contribution in [-0.4, -0.2) is 14.7 Å². The predicted molar refractivity (Wildman–Crippen MR) is 49.8 cm³/mol. The summed E-state index contributed by atoms with van der Waals surface area (Å²) < 4.78 is 34.6. The van der Waals surface area contributed by atoms with Gasteiger partial charge in [0.2, 0.25) is 0 Å². The van der Waals surface area contributed by atoms with Gasteiger partial charge in [-0.2, -0.15) is 0 Å². The summed E-state index contributed by atoms with van der Waals surface area (Å²) in [5, 5.41) is -0.165. The Morgan fingerprint density at radius 1 is 1.36 bits per heavy atom. The highest BCUT2D eigenvalue weighted by Gasteiger charge is 2.18. The molecule has 0 atom stereocenters. The van der Waals surface area contributed by atoms with Gasteiger partial charge in [0.1, 0.15) is 10.7 Å². The van der Waals surface area contributed by atoms with Crippen LogP contribution in [0.4, 0.5) is 4.39 Å². The first kappa shape index (κ1) is 11.4. The van der Waals surface area contributed by atoms with Crippen molar-refractivity contribution in [2.45, 2.75) is 4.90 Å². The number of aldehydes is 1. The Labute approximate surface area is 88.9 Å². The van der Waals surface area contributed by atoms with Crippen LogP contribution in [0.3, 0.4) is 0 Å². The van der Waals surface area contributed by atoms with E-state index in [1.54, 1.807) is 0 Å². The van der Waals surface area contributed by atoms with Crippen molar-refractivity contribution >= 4 is 37.6 Å². The van der Waals surface area contributed by atoms with Gasteiger partial charge in [-0.3, -0.25) is 4.79 Å². The van der Waals surface area contributed by atoms with E-state index in [-0.39, 0.29) is 10.6 Å². The number of carbonyl (C=O) groups excluding carboxylic acids is 1. The molecule has 76 valence electrons. The maximum absolute atomic E-state index is 13.0. The van der Waals surface area contributed by atoms with Gasteiger partial charge in [0.25, 0.3) is 9.05 Å². The van der Waals surface area contributed by atoms with Crippen LogP contribution in [0, 0.1) is 5.82 Å². The molecule has 0 aliphatic heterocycles. The van der Waals surface area contributed by atoms with Crippen LogP contribution in [0.5, 0.6) is 0 Å². The molecule has 0 saturated carbocycles. The van der Waals surface area contributed by atoms with Crippen molar-refractivity contribution in [2.24, 2.45) is 0 Å². The first-order valence-electron chi connectivity index (χ1n) is 3.25. The molecule has 1 rings (SSSR count). The van der Waals surface area contributed by atoms with E-state index in [0.717, 1.165) is 12.1 Å². The molecule has 3 nitrogen and oxygen atoms in total. The largest absolute Gasteiger partial charge is 0.298 e. The summed E-state index contributed by atoms with van der Waals surface area (Å²) >= 11 is 5.44. The van der Waals surface area contributed by atoms with Crippen molar-refractivity contribution in [3.8, 4) is 0 Å². The minimum Gasteiger partial charge on any atom is -0.298 e. The Balaban J connectivity index is 3.55. The Morgan fingerprint density at radius 3 is 2.36 bits per heavy atom. The molecule has 0 aliphatic carbocycles. The third-order valence-electron chi connectivity index (χ3n) is 1.44. The molecule has 0 bridgehead atoms. The molecule has 0 saturated heterocycles. The molecule has 0 spiro atoms. The highest BCUT2D eigenvalue weighted by Crippen LogP contribution is 2.24. The van der Waals surface area contributed by atoms with Crippen LogP contribution in [-0.2, 0) is 9.05 Å². The van der Waals surface area contributed by atoms with Crippen molar-refractivity contribution in [1.82, 2.24) is 0 Å². The summed E-state index contributed by atoms with van der Waals surface area (Å²) in [4.78, 5) is 9.61. The summed E-state index contributed by atoms with van der Waals surface area (Å²) in [6.07, 6.45) is 0.313. The first-order chi connectivity index (χ1) is 6.36. The SMILES string of the molecule is O=Cc1cc(S(=O)(=O)Cl)c(F)cc1Cl. The molecule has 0 heterocycles. The van der Waals surface area contributed by atoms with Crippen molar-refractivity contribution in [1.29, 1.82) is 0 Å². The van der Waals surface area contributed by atoms with Crippen molar-refractivity contribution in [3.63, 3.8) is 0 Å². The minimum absolute atomic E-state index is 0.132. The average molecular weight is 257 g/mol. The van der Waals surface area contributed by atoms with E-state index in [4.69, 9.17) is 22.3 Å². The normalized spacial score (nSPS) is 11.4. The lowest BCUT2D eigenvalue weighted by atomic mass is 10.2. The van der Waals surface area contributed by atoms with Crippen molar-refractivity contribution in [3.05, 3.63) is 28.5 Å². The lowest BCUT2D eigenvalue weighted by Gasteiger charge is -2.01. The molecule has 1 aromatic carbocycles. The molecule has 0 N–H and O–H groups in total. The molecule has 0 fully saturated rings. The first-order valence-corrected chi connectivity index (χ1v) is 5.94. The fraction of sp³-hybridized carbons (Fsp3) is 0. The molecule has 0 amide bonds. The van der Waals surface area contributed by atoms with Gasteiger partial charge in [0.15, 0.2) is 6.29 Å². The molecular formula is C7H3Cl2FO3S. The monoisotopic (exact) mass is 256 g/mol. The van der Waals surface area contributed by atoms with Crippen molar-refractivity contribution in [2.75, 3.05) is 0 Å². The molecule has 0 aliphatic rings. The highest BCUT2D eigenvalue weighted by molar-refractivity contribution is 8.13. The summed E-state index contributed by atoms with van der Waals surface area (Å²) in [7, 11) is 0.715. The van der Waals surface area contributed by atoms with E-state index in [1.165, 1.54) is 0 Å². The smallest absolute Gasteiger partial charge is 0.264 e. The summed E-state index contributed by atoms with van der Waals surface area (Å²) in [5.41, 5.74) is -0.132. The Morgan fingerprint density at radius 2 is 1.93 bits per heavy atom. The van der Waals surface area contributed by atoms with E-state index < -0.39 is 19.8 Å². The second-order valence-corrected chi connectivity index (χ2v) is 5.30. The van der Waals surface area contributed by atoms with Crippen LogP contribution >= 0.6 is 22.3 Å². The quantitative estimate of drug-likeness (QED) is 0.603. The van der Waals surface area contributed by atoms with Gasteiger partial charge in [-0.25, -0.2) is 12.8 Å². The zero-order chi connectivity index (χ0) is 10.9. The number of hydrogen-bond acceptors (Lipinski definition) is 3. The van der Waals surface area contributed by atoms with E-state index in [9.17, 15) is 17.6 Å². The molecule has 0 unspecified atom stereocenters. The number of hydrogen-bond donors (Lipinski definition) is 0. The molecular weight excluding hydrogens is 254 g/mol. The van der Waals surface area contributed by atoms with E-state index >= 15 is 0 Å². The Hall–Kier alpha value is -0.650. The third-order valence-corrected chi connectivity index (χ3v) is 3.11. The standard InChI is InChI=1S/C7H3Cl2FO3S/c8-5-2-6(10)7(14(9,12)13)1-4(5)3-11/h1-3H. The second-order valence-electron chi connectivity index (χ2n) is 2.36. The maximum Gasteiger partial charge on any atom is 0.264 e. The van der Waals surface area contributed by atoms with Crippen LogP contribution in [0.2, 0.25) is 5.02 Å². The van der Waals surface area contributed by atoms with E-state index in [1.807, 2.05) is 0 Å². The fourth-order valence-electron chi connectivity index (χ4n) is 0.822. The zero-order valence-electron chi connectivity index (χ0n) is 6.50. The van der Waals surface area contributed by atoms with Crippen LogP contribution in [0.1, 0.15) is 10.4 Å². The van der Waals surface area contributed by atoms with Crippen LogP contribution in [0.25, 0.3) is 0 Å². The summed E-state index contributed by atoms with van der Waals surface area (Å²) in [6.45, 7) is 0. The molecule has 0 radical (unpaired) electrons. The Kier molecular flexibility index (Phi) is 3.14. The van der Waals surface area contributed by atoms with Gasteiger partial charge in [-0.1, -0.05) is 11.6 Å².